The largest absolute Gasteiger partial charge is 0.250 e. The lowest BCUT2D eigenvalue weighted by atomic mass is 9.48. The Morgan fingerprint density at radius 1 is 0.714 bits per heavy atom. The van der Waals surface area contributed by atoms with Gasteiger partial charge in [0.2, 0.25) is 0 Å². The van der Waals surface area contributed by atoms with E-state index in [1.165, 1.54) is 59.3 Å². The van der Waals surface area contributed by atoms with E-state index in [-0.39, 0.29) is 0 Å². The molecule has 2 aromatic heterocycles. The summed E-state index contributed by atoms with van der Waals surface area (Å²) in [7, 11) is 0. The highest BCUT2D eigenvalue weighted by Gasteiger charge is 2.54. The highest BCUT2D eigenvalue weighted by Crippen LogP contribution is 2.63. The SMILES string of the molecule is Cc1cc2c(nc1-c1nc3c(cc1C)C[C@H]1C[C@@H]3C1(C)C)[C@@H]1C[C@H](C2)C1(C)C. The van der Waals surface area contributed by atoms with Crippen molar-refractivity contribution in [1.29, 1.82) is 0 Å². The zero-order valence-corrected chi connectivity index (χ0v) is 18.2. The lowest BCUT2D eigenvalue weighted by Crippen LogP contribution is -2.48. The third-order valence-corrected chi connectivity index (χ3v) is 9.41. The van der Waals surface area contributed by atoms with Crippen molar-refractivity contribution in [2.24, 2.45) is 22.7 Å². The molecule has 0 aromatic carbocycles. The number of aryl methyl sites for hydroxylation is 2. The highest BCUT2D eigenvalue weighted by molar-refractivity contribution is 5.65. The average molecular weight is 373 g/mol. The molecular weight excluding hydrogens is 340 g/mol. The molecule has 2 heteroatoms. The molecule has 2 aromatic rings. The fraction of sp³-hybridized carbons (Fsp3) is 0.615. The summed E-state index contributed by atoms with van der Waals surface area (Å²) in [5, 5.41) is 0. The van der Waals surface area contributed by atoms with Gasteiger partial charge < -0.3 is 0 Å². The van der Waals surface area contributed by atoms with Gasteiger partial charge in [0.05, 0.1) is 11.4 Å². The second-order valence-electron chi connectivity index (χ2n) is 11.4. The van der Waals surface area contributed by atoms with Crippen LogP contribution in [0.5, 0.6) is 0 Å². The maximum absolute atomic E-state index is 5.32. The lowest BCUT2D eigenvalue weighted by molar-refractivity contribution is 0.0152. The van der Waals surface area contributed by atoms with Gasteiger partial charge in [-0.1, -0.05) is 39.8 Å². The van der Waals surface area contributed by atoms with Gasteiger partial charge >= 0.3 is 0 Å². The molecule has 0 amide bonds. The fourth-order valence-corrected chi connectivity index (χ4v) is 6.96. The van der Waals surface area contributed by atoms with E-state index in [2.05, 4.69) is 53.7 Å². The maximum Gasteiger partial charge on any atom is 0.0921 e. The van der Waals surface area contributed by atoms with Gasteiger partial charge in [-0.2, -0.15) is 0 Å². The number of rotatable bonds is 1. The van der Waals surface area contributed by atoms with E-state index >= 15 is 0 Å². The summed E-state index contributed by atoms with van der Waals surface area (Å²) in [5.41, 5.74) is 11.4. The normalized spacial score (nSPS) is 32.6. The molecule has 0 radical (unpaired) electrons. The van der Waals surface area contributed by atoms with Gasteiger partial charge in [-0.05, 0) is 84.5 Å². The van der Waals surface area contributed by atoms with Crippen LogP contribution >= 0.6 is 0 Å². The predicted octanol–water partition coefficient (Wildman–Crippen LogP) is 6.13. The van der Waals surface area contributed by atoms with Crippen LogP contribution in [0.4, 0.5) is 0 Å². The summed E-state index contributed by atoms with van der Waals surface area (Å²) in [6, 6.07) is 4.85. The van der Waals surface area contributed by atoms with E-state index < -0.39 is 0 Å². The van der Waals surface area contributed by atoms with E-state index in [9.17, 15) is 0 Å². The van der Waals surface area contributed by atoms with E-state index in [0.29, 0.717) is 22.7 Å². The predicted molar refractivity (Wildman–Crippen MR) is 114 cm³/mol. The first-order valence-electron chi connectivity index (χ1n) is 11.2. The minimum atomic E-state index is 0.413. The smallest absolute Gasteiger partial charge is 0.0921 e. The van der Waals surface area contributed by atoms with E-state index in [4.69, 9.17) is 9.97 Å². The van der Waals surface area contributed by atoms with Gasteiger partial charge in [-0.25, -0.2) is 0 Å². The summed E-state index contributed by atoms with van der Waals surface area (Å²) >= 11 is 0. The Balaban J connectivity index is 1.50. The van der Waals surface area contributed by atoms with Crippen molar-refractivity contribution in [2.45, 2.75) is 79.1 Å². The van der Waals surface area contributed by atoms with Crippen LogP contribution in [-0.2, 0) is 12.8 Å². The number of aromatic nitrogens is 2. The molecule has 0 spiro atoms. The van der Waals surface area contributed by atoms with Crippen LogP contribution in [0.1, 0.15) is 86.0 Å². The molecular formula is C26H32N2. The van der Waals surface area contributed by atoms with Gasteiger partial charge in [0.1, 0.15) is 0 Å². The molecule has 8 rings (SSSR count). The third kappa shape index (κ3) is 1.95. The van der Waals surface area contributed by atoms with Crippen LogP contribution in [0.25, 0.3) is 11.4 Å². The minimum Gasteiger partial charge on any atom is -0.250 e. The summed E-state index contributed by atoms with van der Waals surface area (Å²) in [6.07, 6.45) is 5.07. The Labute approximate surface area is 169 Å². The Morgan fingerprint density at radius 3 is 1.46 bits per heavy atom. The van der Waals surface area contributed by atoms with Gasteiger partial charge in [0.25, 0.3) is 0 Å². The van der Waals surface area contributed by atoms with Crippen molar-refractivity contribution in [1.82, 2.24) is 9.97 Å². The van der Waals surface area contributed by atoms with Crippen LogP contribution in [0.2, 0.25) is 0 Å². The first kappa shape index (κ1) is 17.2. The van der Waals surface area contributed by atoms with Crippen LogP contribution in [0.3, 0.4) is 0 Å². The van der Waals surface area contributed by atoms with Crippen molar-refractivity contribution in [3.05, 3.63) is 45.8 Å². The van der Waals surface area contributed by atoms with E-state index in [1.807, 2.05) is 0 Å². The summed E-state index contributed by atoms with van der Waals surface area (Å²) in [4.78, 5) is 10.6. The molecule has 2 nitrogen and oxygen atoms in total. The monoisotopic (exact) mass is 372 g/mol. The first-order chi connectivity index (χ1) is 13.2. The number of hydrogen-bond acceptors (Lipinski definition) is 2. The maximum atomic E-state index is 5.32. The van der Waals surface area contributed by atoms with Crippen molar-refractivity contribution < 1.29 is 0 Å². The molecule has 2 heterocycles. The molecule has 0 unspecified atom stereocenters. The molecule has 146 valence electrons. The standard InChI is InChI=1S/C26H32N2/c1-13-7-15-9-17-11-19(25(17,3)4)23(15)27-21(13)22-14(2)8-16-10-18-12-20(24(16)28-22)26(18,5)6/h7-8,17-20H,9-12H2,1-6H3/t17-,18-,19-,20-/m0/s1. The molecule has 28 heavy (non-hydrogen) atoms. The molecule has 2 saturated carbocycles. The number of hydrogen-bond donors (Lipinski definition) is 0. The quantitative estimate of drug-likeness (QED) is 0.601. The van der Waals surface area contributed by atoms with Crippen molar-refractivity contribution >= 4 is 0 Å². The second-order valence-corrected chi connectivity index (χ2v) is 11.4. The molecule has 4 atom stereocenters. The first-order valence-corrected chi connectivity index (χ1v) is 11.2. The van der Waals surface area contributed by atoms with Crippen molar-refractivity contribution in [2.75, 3.05) is 0 Å². The van der Waals surface area contributed by atoms with Crippen LogP contribution < -0.4 is 0 Å². The number of nitrogens with zero attached hydrogens (tertiary/aromatic N) is 2. The Bertz CT molecular complexity index is 946. The molecule has 6 aliphatic carbocycles. The summed E-state index contributed by atoms with van der Waals surface area (Å²) in [5.74, 6) is 2.94. The zero-order valence-electron chi connectivity index (χ0n) is 18.2. The van der Waals surface area contributed by atoms with Gasteiger partial charge in [0, 0.05) is 23.2 Å². The topological polar surface area (TPSA) is 25.8 Å². The van der Waals surface area contributed by atoms with Crippen LogP contribution in [-0.4, -0.2) is 9.97 Å². The average Bonchev–Trinajstić information content (AvgIpc) is 2.65. The summed E-state index contributed by atoms with van der Waals surface area (Å²) < 4.78 is 0. The summed E-state index contributed by atoms with van der Waals surface area (Å²) in [6.45, 7) is 14.2. The molecule has 0 N–H and O–H groups in total. The molecule has 0 aliphatic heterocycles. The van der Waals surface area contributed by atoms with Crippen LogP contribution in [0.15, 0.2) is 12.1 Å². The molecule has 6 aliphatic rings. The van der Waals surface area contributed by atoms with Crippen LogP contribution in [0, 0.1) is 36.5 Å². The van der Waals surface area contributed by atoms with Gasteiger partial charge in [0.15, 0.2) is 0 Å². The van der Waals surface area contributed by atoms with Crippen molar-refractivity contribution in [3.63, 3.8) is 0 Å². The molecule has 2 fully saturated rings. The lowest BCUT2D eigenvalue weighted by Gasteiger charge is -2.56. The Morgan fingerprint density at radius 2 is 1.11 bits per heavy atom. The van der Waals surface area contributed by atoms with Gasteiger partial charge in [-0.15, -0.1) is 0 Å². The van der Waals surface area contributed by atoms with E-state index in [1.54, 1.807) is 0 Å². The zero-order chi connectivity index (χ0) is 19.6. The second kappa shape index (κ2) is 5.07. The Hall–Kier alpha value is -1.70. The number of pyridine rings is 2. The fourth-order valence-electron chi connectivity index (χ4n) is 6.96. The van der Waals surface area contributed by atoms with E-state index in [0.717, 1.165) is 23.2 Å². The minimum absolute atomic E-state index is 0.413. The highest BCUT2D eigenvalue weighted by atomic mass is 14.9. The third-order valence-electron chi connectivity index (χ3n) is 9.41. The molecule has 4 bridgehead atoms. The Kier molecular flexibility index (Phi) is 3.11. The van der Waals surface area contributed by atoms with Gasteiger partial charge in [-0.3, -0.25) is 9.97 Å². The molecule has 0 saturated heterocycles. The van der Waals surface area contributed by atoms with Crippen molar-refractivity contribution in [3.8, 4) is 11.4 Å².